The Balaban J connectivity index is 1.18. The number of halogens is 3. The Kier molecular flexibility index (Phi) is 10.2. The maximum absolute atomic E-state index is 13.5. The van der Waals surface area contributed by atoms with E-state index in [1.54, 1.807) is 54.6 Å². The van der Waals surface area contributed by atoms with Crippen LogP contribution in [0.15, 0.2) is 95.1 Å². The molecule has 1 saturated heterocycles. The summed E-state index contributed by atoms with van der Waals surface area (Å²) in [6.45, 7) is 3.32. The molecule has 3 aromatic carbocycles. The van der Waals surface area contributed by atoms with E-state index in [0.29, 0.717) is 11.1 Å². The number of esters is 1. The maximum Gasteiger partial charge on any atom is 0.435 e. The summed E-state index contributed by atoms with van der Waals surface area (Å²) in [7, 11) is -4.35. The monoisotopic (exact) mass is 700 g/mol. The standard InChI is InChI=1S/C32H31F3N6O7S/c1-21-8-10-23(11-9-21)28-20-29(32(33,34)35)36-40(28)26-12-14-27(15-13-26)49(45,46)37-30(42)24-16-18-39(19-17-24)41(44)38-48-22(2)47-31(43)25-6-4-3-5-7-25/h3-15,20,22,24H,16-19H2,1-2H3,(H,37,42). The van der Waals surface area contributed by atoms with E-state index in [4.69, 9.17) is 9.57 Å². The van der Waals surface area contributed by atoms with E-state index in [2.05, 4.69) is 10.4 Å². The number of hydrogen-bond acceptors (Lipinski definition) is 9. The second-order valence-corrected chi connectivity index (χ2v) is 12.8. The molecule has 0 bridgehead atoms. The van der Waals surface area contributed by atoms with Crippen molar-refractivity contribution in [2.24, 2.45) is 11.2 Å². The van der Waals surface area contributed by atoms with E-state index < -0.39 is 46.0 Å². The molecule has 0 radical (unpaired) electrons. The Bertz CT molecular complexity index is 1930. The molecule has 0 saturated carbocycles. The first-order chi connectivity index (χ1) is 23.2. The average molecular weight is 701 g/mol. The molecular formula is C32H31F3N6O7S. The van der Waals surface area contributed by atoms with Gasteiger partial charge >= 0.3 is 12.1 Å². The Labute approximate surface area is 279 Å². The van der Waals surface area contributed by atoms with Crippen LogP contribution in [-0.4, -0.2) is 59.4 Å². The van der Waals surface area contributed by atoms with Crippen LogP contribution in [0.2, 0.25) is 0 Å². The highest BCUT2D eigenvalue weighted by Crippen LogP contribution is 2.33. The average Bonchev–Trinajstić information content (AvgIpc) is 3.54. The molecule has 0 aliphatic carbocycles. The highest BCUT2D eigenvalue weighted by molar-refractivity contribution is 7.90. The lowest BCUT2D eigenvalue weighted by Crippen LogP contribution is -2.44. The topological polar surface area (TPSA) is 158 Å². The number of nitrogens with zero attached hydrogens (tertiary/aromatic N) is 5. The summed E-state index contributed by atoms with van der Waals surface area (Å²) in [4.78, 5) is 29.8. The van der Waals surface area contributed by atoms with Crippen molar-refractivity contribution < 1.29 is 45.7 Å². The van der Waals surface area contributed by atoms with Crippen molar-refractivity contribution in [2.45, 2.75) is 44.1 Å². The summed E-state index contributed by atoms with van der Waals surface area (Å²) in [5, 5.41) is 20.7. The Morgan fingerprint density at radius 3 is 2.27 bits per heavy atom. The van der Waals surface area contributed by atoms with Crippen LogP contribution >= 0.6 is 0 Å². The third kappa shape index (κ3) is 8.53. The van der Waals surface area contributed by atoms with Crippen molar-refractivity contribution in [1.82, 2.24) is 19.5 Å². The molecule has 4 aromatic rings. The number of alkyl halides is 3. The van der Waals surface area contributed by atoms with Gasteiger partial charge in [-0.3, -0.25) is 9.63 Å². The van der Waals surface area contributed by atoms with Gasteiger partial charge in [0.25, 0.3) is 16.3 Å². The highest BCUT2D eigenvalue weighted by Gasteiger charge is 2.36. The largest absolute Gasteiger partial charge is 0.569 e. The number of benzene rings is 3. The van der Waals surface area contributed by atoms with E-state index in [1.165, 1.54) is 24.1 Å². The van der Waals surface area contributed by atoms with Crippen molar-refractivity contribution in [2.75, 3.05) is 13.1 Å². The van der Waals surface area contributed by atoms with E-state index in [9.17, 15) is 36.4 Å². The fourth-order valence-corrected chi connectivity index (χ4v) is 6.00. The molecule has 2 heterocycles. The zero-order valence-corrected chi connectivity index (χ0v) is 27.0. The highest BCUT2D eigenvalue weighted by atomic mass is 32.2. The van der Waals surface area contributed by atoms with Gasteiger partial charge in [-0.25, -0.2) is 22.6 Å². The number of carbonyl (C=O) groups excluding carboxylic acids is 2. The molecule has 1 aliphatic heterocycles. The minimum Gasteiger partial charge on any atom is -0.569 e. The lowest BCUT2D eigenvalue weighted by molar-refractivity contribution is -0.715. The molecule has 1 amide bonds. The van der Waals surface area contributed by atoms with Crippen LogP contribution in [0.5, 0.6) is 0 Å². The fraction of sp³-hybridized carbons (Fsp3) is 0.281. The van der Waals surface area contributed by atoms with E-state index in [0.717, 1.165) is 28.4 Å². The van der Waals surface area contributed by atoms with E-state index >= 15 is 0 Å². The number of amides is 1. The number of sulfonamides is 1. The SMILES string of the molecule is Cc1ccc(-c2cc(C(F)(F)F)nn2-c2ccc(S(=O)(=O)NC(=O)C3CCN([N+]([O-])=NOC(C)OC(=O)c4ccccc4)CC3)cc2)cc1. The molecule has 5 rings (SSSR count). The number of piperidine rings is 1. The van der Waals surface area contributed by atoms with Crippen LogP contribution in [0.25, 0.3) is 16.9 Å². The van der Waals surface area contributed by atoms with Gasteiger partial charge in [-0.1, -0.05) is 48.0 Å². The van der Waals surface area contributed by atoms with Crippen molar-refractivity contribution in [1.29, 1.82) is 0 Å². The van der Waals surface area contributed by atoms with E-state index in [-0.39, 0.29) is 47.2 Å². The second kappa shape index (κ2) is 14.3. The summed E-state index contributed by atoms with van der Waals surface area (Å²) < 4.78 is 74.9. The lowest BCUT2D eigenvalue weighted by atomic mass is 9.97. The minimum atomic E-state index is -4.71. The maximum atomic E-state index is 13.5. The minimum absolute atomic E-state index is 0.0501. The third-order valence-electron chi connectivity index (χ3n) is 7.61. The summed E-state index contributed by atoms with van der Waals surface area (Å²) >= 11 is 0. The lowest BCUT2D eigenvalue weighted by Gasteiger charge is -2.27. The Morgan fingerprint density at radius 2 is 1.65 bits per heavy atom. The first-order valence-electron chi connectivity index (χ1n) is 15.0. The molecule has 1 atom stereocenters. The fourth-order valence-electron chi connectivity index (χ4n) is 4.96. The summed E-state index contributed by atoms with van der Waals surface area (Å²) in [6, 6.07) is 20.8. The number of hydrazine groups is 1. The summed E-state index contributed by atoms with van der Waals surface area (Å²) in [5.74, 6) is -2.19. The zero-order chi connectivity index (χ0) is 35.3. The van der Waals surface area contributed by atoms with Gasteiger partial charge in [0, 0.05) is 18.4 Å². The number of rotatable bonds is 10. The first-order valence-corrected chi connectivity index (χ1v) is 16.5. The predicted molar refractivity (Wildman–Crippen MR) is 167 cm³/mol. The molecule has 258 valence electrons. The van der Waals surface area contributed by atoms with Gasteiger partial charge in [0.05, 0.1) is 39.9 Å². The van der Waals surface area contributed by atoms with Gasteiger partial charge in [0.15, 0.2) is 5.69 Å². The molecule has 17 heteroatoms. The van der Waals surface area contributed by atoms with Crippen LogP contribution in [0, 0.1) is 18.0 Å². The van der Waals surface area contributed by atoms with Crippen LogP contribution in [0.1, 0.15) is 41.4 Å². The van der Waals surface area contributed by atoms with Gasteiger partial charge in [0.2, 0.25) is 11.2 Å². The van der Waals surface area contributed by atoms with Gasteiger partial charge in [0.1, 0.15) is 0 Å². The van der Waals surface area contributed by atoms with Crippen molar-refractivity contribution >= 4 is 21.9 Å². The van der Waals surface area contributed by atoms with E-state index in [1.807, 2.05) is 11.6 Å². The molecule has 0 spiro atoms. The van der Waals surface area contributed by atoms with Gasteiger partial charge in [-0.2, -0.15) is 18.3 Å². The van der Waals surface area contributed by atoms with Crippen molar-refractivity contribution in [3.05, 3.63) is 107 Å². The summed E-state index contributed by atoms with van der Waals surface area (Å²) in [6.07, 6.45) is -5.63. The summed E-state index contributed by atoms with van der Waals surface area (Å²) in [5.41, 5.74) is 0.891. The van der Waals surface area contributed by atoms with Gasteiger partial charge < -0.3 is 9.94 Å². The number of hydrogen-bond donors (Lipinski definition) is 1. The molecule has 1 N–H and O–H groups in total. The predicted octanol–water partition coefficient (Wildman–Crippen LogP) is 5.40. The Hall–Kier alpha value is -5.45. The quantitative estimate of drug-likeness (QED) is 0.0752. The van der Waals surface area contributed by atoms with Crippen molar-refractivity contribution in [3.8, 4) is 16.9 Å². The molecule has 1 aromatic heterocycles. The number of aryl methyl sites for hydroxylation is 1. The van der Waals surface area contributed by atoms with Crippen LogP contribution in [-0.2, 0) is 30.6 Å². The third-order valence-corrected chi connectivity index (χ3v) is 8.97. The first kappa shape index (κ1) is 34.9. The van der Waals surface area contributed by atoms with Gasteiger partial charge in [-0.05, 0) is 62.2 Å². The number of carbonyl (C=O) groups is 2. The number of aromatic nitrogens is 2. The molecule has 1 unspecified atom stereocenters. The van der Waals surface area contributed by atoms with Gasteiger partial charge in [-0.15, -0.1) is 5.01 Å². The van der Waals surface area contributed by atoms with Crippen LogP contribution in [0.4, 0.5) is 13.2 Å². The van der Waals surface area contributed by atoms with Crippen LogP contribution in [0.3, 0.4) is 0 Å². The van der Waals surface area contributed by atoms with Crippen LogP contribution < -0.4 is 4.72 Å². The molecule has 49 heavy (non-hydrogen) atoms. The second-order valence-electron chi connectivity index (χ2n) is 11.2. The molecule has 1 fully saturated rings. The normalized spacial score (nSPS) is 15.0. The molecular weight excluding hydrogens is 669 g/mol. The smallest absolute Gasteiger partial charge is 0.435 e. The number of nitrogens with one attached hydrogen (secondary N) is 1. The van der Waals surface area contributed by atoms with Crippen molar-refractivity contribution in [3.63, 3.8) is 0 Å². The Morgan fingerprint density at radius 1 is 1.02 bits per heavy atom. The number of ether oxygens (including phenoxy) is 1. The molecule has 13 nitrogen and oxygen atoms in total. The molecule has 1 aliphatic rings. The zero-order valence-electron chi connectivity index (χ0n) is 26.2.